The Morgan fingerprint density at radius 3 is 2.44 bits per heavy atom. The van der Waals surface area contributed by atoms with E-state index < -0.39 is 0 Å². The molecule has 84 valence electrons. The molecule has 1 aromatic heterocycles. The monoisotopic (exact) mass is 235 g/mol. The Hall–Kier alpha value is -1.55. The molecule has 0 atom stereocenters. The Morgan fingerprint density at radius 1 is 1.31 bits per heavy atom. The molecule has 2 rings (SSSR count). The Balaban J connectivity index is 2.41. The lowest BCUT2D eigenvalue weighted by Gasteiger charge is -2.07. The maximum Gasteiger partial charge on any atom is 0.307 e. The van der Waals surface area contributed by atoms with E-state index in [0.717, 1.165) is 11.3 Å². The Labute approximate surface area is 97.4 Å². The third-order valence-corrected chi connectivity index (χ3v) is 3.55. The predicted octanol–water partition coefficient (Wildman–Crippen LogP) is 2.35. The van der Waals surface area contributed by atoms with Gasteiger partial charge in [-0.15, -0.1) is 0 Å². The minimum absolute atomic E-state index is 0.00217. The van der Waals surface area contributed by atoms with E-state index in [1.54, 1.807) is 0 Å². The Bertz CT molecular complexity index is 548. The third-order valence-electron chi connectivity index (χ3n) is 2.68. The van der Waals surface area contributed by atoms with Gasteiger partial charge in [-0.05, 0) is 30.5 Å². The van der Waals surface area contributed by atoms with Crippen LogP contribution < -0.4 is 4.87 Å². The zero-order valence-corrected chi connectivity index (χ0v) is 10.0. The first-order chi connectivity index (χ1) is 7.58. The van der Waals surface area contributed by atoms with Crippen molar-refractivity contribution in [2.45, 2.75) is 20.3 Å². The maximum atomic E-state index is 11.1. The Kier molecular flexibility index (Phi) is 2.83. The molecule has 16 heavy (non-hydrogen) atoms. The first-order valence-corrected chi connectivity index (χ1v) is 5.85. The van der Waals surface area contributed by atoms with Gasteiger partial charge in [0.05, 0.1) is 4.88 Å². The van der Waals surface area contributed by atoms with Gasteiger partial charge in [0.25, 0.3) is 0 Å². The van der Waals surface area contributed by atoms with Gasteiger partial charge >= 0.3 is 4.87 Å². The minimum atomic E-state index is -0.210. The number of thiazole rings is 1. The van der Waals surface area contributed by atoms with Crippen molar-refractivity contribution in [3.8, 4) is 5.88 Å². The number of aromatic nitrogens is 1. The molecule has 0 radical (unpaired) electrons. The molecule has 1 aromatic carbocycles. The summed E-state index contributed by atoms with van der Waals surface area (Å²) in [7, 11) is 0. The quantitative estimate of drug-likeness (QED) is 0.839. The van der Waals surface area contributed by atoms with E-state index in [4.69, 9.17) is 0 Å². The smallest absolute Gasteiger partial charge is 0.307 e. The fourth-order valence-corrected chi connectivity index (χ4v) is 2.50. The van der Waals surface area contributed by atoms with Crippen LogP contribution in [0.4, 0.5) is 0 Å². The van der Waals surface area contributed by atoms with E-state index in [-0.39, 0.29) is 10.8 Å². The maximum absolute atomic E-state index is 11.1. The van der Waals surface area contributed by atoms with Crippen LogP contribution in [0.2, 0.25) is 0 Å². The molecule has 0 amide bonds. The number of rotatable bonds is 2. The summed E-state index contributed by atoms with van der Waals surface area (Å²) < 4.78 is 0. The largest absolute Gasteiger partial charge is 0.494 e. The van der Waals surface area contributed by atoms with Crippen LogP contribution >= 0.6 is 11.3 Å². The first-order valence-electron chi connectivity index (χ1n) is 5.04. The van der Waals surface area contributed by atoms with Crippen molar-refractivity contribution in [1.29, 1.82) is 0 Å². The average molecular weight is 235 g/mol. The van der Waals surface area contributed by atoms with Crippen LogP contribution in [0.25, 0.3) is 0 Å². The number of aromatic amines is 1. The summed E-state index contributed by atoms with van der Waals surface area (Å²) in [6, 6.07) is 6.08. The van der Waals surface area contributed by atoms with Gasteiger partial charge in [-0.1, -0.05) is 29.5 Å². The highest BCUT2D eigenvalue weighted by Gasteiger charge is 2.10. The lowest BCUT2D eigenvalue weighted by atomic mass is 10.00. The van der Waals surface area contributed by atoms with E-state index in [1.165, 1.54) is 16.7 Å². The molecule has 0 aliphatic rings. The molecule has 0 saturated heterocycles. The van der Waals surface area contributed by atoms with E-state index in [1.807, 2.05) is 32.0 Å². The van der Waals surface area contributed by atoms with Gasteiger partial charge in [0.1, 0.15) is 0 Å². The highest BCUT2D eigenvalue weighted by atomic mass is 32.1. The zero-order valence-electron chi connectivity index (χ0n) is 9.20. The standard InChI is InChI=1S/C12H13NO2S/c1-7-4-3-5-8(2)9(7)6-10-11(14)13-12(15)16-10/h3-5,14H,6H2,1-2H3,(H,13,15). The second-order valence-electron chi connectivity index (χ2n) is 3.83. The number of nitrogens with one attached hydrogen (secondary N) is 1. The van der Waals surface area contributed by atoms with Crippen molar-refractivity contribution in [3.63, 3.8) is 0 Å². The summed E-state index contributed by atoms with van der Waals surface area (Å²) in [5.41, 5.74) is 3.54. The summed E-state index contributed by atoms with van der Waals surface area (Å²) in [6.07, 6.45) is 0.605. The zero-order chi connectivity index (χ0) is 11.7. The first kappa shape index (κ1) is 11.0. The predicted molar refractivity (Wildman–Crippen MR) is 65.3 cm³/mol. The van der Waals surface area contributed by atoms with Gasteiger partial charge in [0.2, 0.25) is 5.88 Å². The summed E-state index contributed by atoms with van der Waals surface area (Å²) >= 11 is 1.07. The number of aryl methyl sites for hydroxylation is 2. The molecule has 0 bridgehead atoms. The van der Waals surface area contributed by atoms with Crippen molar-refractivity contribution in [3.05, 3.63) is 49.4 Å². The molecular formula is C12H13NO2S. The van der Waals surface area contributed by atoms with Crippen LogP contribution in [-0.4, -0.2) is 10.1 Å². The van der Waals surface area contributed by atoms with Gasteiger partial charge in [0.15, 0.2) is 0 Å². The van der Waals surface area contributed by atoms with Crippen LogP contribution in [0.5, 0.6) is 5.88 Å². The second-order valence-corrected chi connectivity index (χ2v) is 4.90. The third kappa shape index (κ3) is 2.02. The number of benzene rings is 1. The molecule has 0 unspecified atom stereocenters. The number of H-pyrrole nitrogens is 1. The lowest BCUT2D eigenvalue weighted by molar-refractivity contribution is 0.451. The average Bonchev–Trinajstić information content (AvgIpc) is 2.51. The molecule has 2 aromatic rings. The summed E-state index contributed by atoms with van der Waals surface area (Å²) in [4.78, 5) is 13.9. The molecule has 0 spiro atoms. The normalized spacial score (nSPS) is 10.6. The molecule has 0 saturated carbocycles. The van der Waals surface area contributed by atoms with Crippen LogP contribution in [-0.2, 0) is 6.42 Å². The molecule has 0 fully saturated rings. The van der Waals surface area contributed by atoms with E-state index in [0.29, 0.717) is 11.3 Å². The van der Waals surface area contributed by atoms with Crippen molar-refractivity contribution >= 4 is 11.3 Å². The summed E-state index contributed by atoms with van der Waals surface area (Å²) in [5, 5.41) is 9.53. The van der Waals surface area contributed by atoms with Crippen LogP contribution in [0, 0.1) is 13.8 Å². The van der Waals surface area contributed by atoms with Crippen molar-refractivity contribution < 1.29 is 5.11 Å². The highest BCUT2D eigenvalue weighted by molar-refractivity contribution is 7.09. The number of aromatic hydroxyl groups is 1. The molecule has 0 aliphatic heterocycles. The topological polar surface area (TPSA) is 53.1 Å². The van der Waals surface area contributed by atoms with Crippen LogP contribution in [0.15, 0.2) is 23.0 Å². The van der Waals surface area contributed by atoms with Gasteiger partial charge in [-0.25, -0.2) is 0 Å². The van der Waals surface area contributed by atoms with Gasteiger partial charge < -0.3 is 5.11 Å². The van der Waals surface area contributed by atoms with Crippen molar-refractivity contribution in [1.82, 2.24) is 4.98 Å². The highest BCUT2D eigenvalue weighted by Crippen LogP contribution is 2.23. The fourth-order valence-electron chi connectivity index (χ4n) is 1.76. The molecular weight excluding hydrogens is 222 g/mol. The molecule has 3 nitrogen and oxygen atoms in total. The van der Waals surface area contributed by atoms with Gasteiger partial charge in [-0.3, -0.25) is 9.78 Å². The van der Waals surface area contributed by atoms with Gasteiger partial charge in [0, 0.05) is 6.42 Å². The summed E-state index contributed by atoms with van der Waals surface area (Å²) in [5.74, 6) is -0.00217. The molecule has 1 heterocycles. The number of hydrogen-bond acceptors (Lipinski definition) is 3. The lowest BCUT2D eigenvalue weighted by Crippen LogP contribution is -1.93. The van der Waals surface area contributed by atoms with E-state index >= 15 is 0 Å². The Morgan fingerprint density at radius 2 is 1.94 bits per heavy atom. The summed E-state index contributed by atoms with van der Waals surface area (Å²) in [6.45, 7) is 4.07. The van der Waals surface area contributed by atoms with Gasteiger partial charge in [-0.2, -0.15) is 0 Å². The second kappa shape index (κ2) is 4.14. The van der Waals surface area contributed by atoms with Crippen molar-refractivity contribution in [2.75, 3.05) is 0 Å². The molecule has 4 heteroatoms. The van der Waals surface area contributed by atoms with Crippen LogP contribution in [0.3, 0.4) is 0 Å². The minimum Gasteiger partial charge on any atom is -0.494 e. The SMILES string of the molecule is Cc1cccc(C)c1Cc1sc(=O)[nH]c1O. The fraction of sp³-hybridized carbons (Fsp3) is 0.250. The van der Waals surface area contributed by atoms with E-state index in [2.05, 4.69) is 4.98 Å². The van der Waals surface area contributed by atoms with Crippen molar-refractivity contribution in [2.24, 2.45) is 0 Å². The molecule has 0 aliphatic carbocycles. The van der Waals surface area contributed by atoms with Crippen LogP contribution in [0.1, 0.15) is 21.6 Å². The number of hydrogen-bond donors (Lipinski definition) is 2. The molecule has 2 N–H and O–H groups in total. The van der Waals surface area contributed by atoms with E-state index in [9.17, 15) is 9.90 Å².